The molecule has 4 rings (SSSR count). The Labute approximate surface area is 113 Å². The van der Waals surface area contributed by atoms with Gasteiger partial charge in [0.05, 0.1) is 24.4 Å². The van der Waals surface area contributed by atoms with E-state index in [0.717, 1.165) is 32.1 Å². The maximum absolute atomic E-state index is 10.9. The monoisotopic (exact) mass is 266 g/mol. The van der Waals surface area contributed by atoms with E-state index >= 15 is 0 Å². The van der Waals surface area contributed by atoms with E-state index in [1.165, 1.54) is 0 Å². The summed E-state index contributed by atoms with van der Waals surface area (Å²) in [7, 11) is 0. The average molecular weight is 266 g/mol. The van der Waals surface area contributed by atoms with E-state index < -0.39 is 0 Å². The average Bonchev–Trinajstić information content (AvgIpc) is 3.21. The van der Waals surface area contributed by atoms with Gasteiger partial charge in [-0.05, 0) is 44.4 Å². The predicted molar refractivity (Wildman–Crippen MR) is 67.6 cm³/mol. The number of hydrogen-bond acceptors (Lipinski definition) is 4. The van der Waals surface area contributed by atoms with Crippen molar-refractivity contribution in [2.24, 2.45) is 11.3 Å². The quantitative estimate of drug-likeness (QED) is 0.579. The van der Waals surface area contributed by atoms with Gasteiger partial charge in [-0.3, -0.25) is 4.79 Å². The van der Waals surface area contributed by atoms with Crippen molar-refractivity contribution in [2.45, 2.75) is 76.0 Å². The van der Waals surface area contributed by atoms with Crippen LogP contribution in [0.4, 0.5) is 0 Å². The highest BCUT2D eigenvalue weighted by molar-refractivity contribution is 5.39. The Balaban J connectivity index is 1.63. The van der Waals surface area contributed by atoms with Crippen LogP contribution in [0.3, 0.4) is 0 Å². The van der Waals surface area contributed by atoms with Crippen molar-refractivity contribution in [3.05, 3.63) is 0 Å². The molecule has 0 N–H and O–H groups in total. The van der Waals surface area contributed by atoms with E-state index in [2.05, 4.69) is 13.8 Å². The molecule has 0 radical (unpaired) electrons. The number of rotatable bonds is 3. The highest BCUT2D eigenvalue weighted by Gasteiger charge is 2.65. The van der Waals surface area contributed by atoms with Crippen LogP contribution in [0.15, 0.2) is 0 Å². The molecule has 0 amide bonds. The van der Waals surface area contributed by atoms with Crippen molar-refractivity contribution in [1.29, 1.82) is 0 Å². The normalized spacial score (nSPS) is 58.7. The van der Waals surface area contributed by atoms with Gasteiger partial charge in [-0.1, -0.05) is 6.92 Å². The maximum Gasteiger partial charge on any atom is 0.293 e. The minimum Gasteiger partial charge on any atom is -0.461 e. The summed E-state index contributed by atoms with van der Waals surface area (Å²) < 4.78 is 17.1. The molecule has 2 saturated carbocycles. The van der Waals surface area contributed by atoms with Gasteiger partial charge in [-0.2, -0.15) is 0 Å². The highest BCUT2D eigenvalue weighted by atomic mass is 16.6. The van der Waals surface area contributed by atoms with E-state index in [1.54, 1.807) is 0 Å². The lowest BCUT2D eigenvalue weighted by Gasteiger charge is -2.49. The van der Waals surface area contributed by atoms with Crippen molar-refractivity contribution >= 4 is 6.47 Å². The zero-order valence-corrected chi connectivity index (χ0v) is 11.6. The van der Waals surface area contributed by atoms with Gasteiger partial charge in [0.15, 0.2) is 0 Å². The molecule has 4 aliphatic rings. The second kappa shape index (κ2) is 3.73. The first-order chi connectivity index (χ1) is 9.06. The molecule has 2 saturated heterocycles. The van der Waals surface area contributed by atoms with E-state index in [0.29, 0.717) is 36.8 Å². The van der Waals surface area contributed by atoms with Crippen LogP contribution in [-0.4, -0.2) is 36.5 Å². The highest BCUT2D eigenvalue weighted by Crippen LogP contribution is 2.60. The molecule has 4 nitrogen and oxygen atoms in total. The lowest BCUT2D eigenvalue weighted by molar-refractivity contribution is -0.161. The lowest BCUT2D eigenvalue weighted by Crippen LogP contribution is -2.53. The van der Waals surface area contributed by atoms with Crippen molar-refractivity contribution < 1.29 is 19.0 Å². The molecule has 4 fully saturated rings. The summed E-state index contributed by atoms with van der Waals surface area (Å²) >= 11 is 0. The molecule has 106 valence electrons. The van der Waals surface area contributed by atoms with E-state index in [-0.39, 0.29) is 11.0 Å². The summed E-state index contributed by atoms with van der Waals surface area (Å²) in [6.45, 7) is 5.05. The van der Waals surface area contributed by atoms with E-state index in [4.69, 9.17) is 14.2 Å². The second-order valence-electron chi connectivity index (χ2n) is 7.29. The SMILES string of the molecule is CC1(C2C3OC3CCC2(C)OC=O)CCC2OC2C1. The first kappa shape index (κ1) is 12.2. The Morgan fingerprint density at radius 3 is 2.63 bits per heavy atom. The topological polar surface area (TPSA) is 51.4 Å². The fourth-order valence-corrected chi connectivity index (χ4v) is 4.92. The number of carbonyl (C=O) groups excluding carboxylic acids is 1. The number of fused-ring (bicyclic) bond motifs is 2. The molecule has 4 heteroatoms. The molecule has 19 heavy (non-hydrogen) atoms. The molecule has 0 aromatic heterocycles. The minimum absolute atomic E-state index is 0.176. The lowest BCUT2D eigenvalue weighted by atomic mass is 9.58. The molecule has 2 aliphatic carbocycles. The van der Waals surface area contributed by atoms with Crippen molar-refractivity contribution in [1.82, 2.24) is 0 Å². The summed E-state index contributed by atoms with van der Waals surface area (Å²) in [5, 5.41) is 0. The summed E-state index contributed by atoms with van der Waals surface area (Å²) in [6, 6.07) is 0. The Kier molecular flexibility index (Phi) is 2.39. The van der Waals surface area contributed by atoms with E-state index in [9.17, 15) is 4.79 Å². The molecule has 2 aliphatic heterocycles. The van der Waals surface area contributed by atoms with Crippen LogP contribution in [0.1, 0.15) is 46.0 Å². The Hall–Kier alpha value is -0.610. The minimum atomic E-state index is -0.365. The molecule has 2 heterocycles. The fourth-order valence-electron chi connectivity index (χ4n) is 4.92. The third kappa shape index (κ3) is 1.76. The number of ether oxygens (including phenoxy) is 3. The van der Waals surface area contributed by atoms with Crippen molar-refractivity contribution in [2.75, 3.05) is 0 Å². The van der Waals surface area contributed by atoms with Gasteiger partial charge in [0.2, 0.25) is 0 Å². The predicted octanol–water partition coefficient (Wildman–Crippen LogP) is 2.05. The molecule has 0 aromatic rings. The summed E-state index contributed by atoms with van der Waals surface area (Å²) in [6.07, 6.45) is 6.97. The van der Waals surface area contributed by atoms with Gasteiger partial charge in [-0.25, -0.2) is 0 Å². The second-order valence-corrected chi connectivity index (χ2v) is 7.29. The van der Waals surface area contributed by atoms with Gasteiger partial charge in [-0.15, -0.1) is 0 Å². The Bertz CT molecular complexity index is 411. The first-order valence-electron chi connectivity index (χ1n) is 7.48. The first-order valence-corrected chi connectivity index (χ1v) is 7.48. The molecule has 0 aromatic carbocycles. The van der Waals surface area contributed by atoms with Crippen molar-refractivity contribution in [3.8, 4) is 0 Å². The van der Waals surface area contributed by atoms with Crippen LogP contribution in [-0.2, 0) is 19.0 Å². The molecule has 7 atom stereocenters. The van der Waals surface area contributed by atoms with Crippen LogP contribution >= 0.6 is 0 Å². The van der Waals surface area contributed by atoms with Crippen LogP contribution < -0.4 is 0 Å². The van der Waals surface area contributed by atoms with E-state index in [1.807, 2.05) is 0 Å². The van der Waals surface area contributed by atoms with Gasteiger partial charge in [0.1, 0.15) is 5.60 Å². The number of epoxide rings is 2. The van der Waals surface area contributed by atoms with Crippen LogP contribution in [0.25, 0.3) is 0 Å². The molecular formula is C15H22O4. The smallest absolute Gasteiger partial charge is 0.293 e. The Morgan fingerprint density at radius 2 is 1.89 bits per heavy atom. The summed E-state index contributed by atoms with van der Waals surface area (Å²) in [5.41, 5.74) is -0.189. The fraction of sp³-hybridized carbons (Fsp3) is 0.933. The third-order valence-corrected chi connectivity index (χ3v) is 5.96. The zero-order chi connectivity index (χ0) is 13.3. The van der Waals surface area contributed by atoms with Crippen LogP contribution in [0, 0.1) is 11.3 Å². The molecule has 0 spiro atoms. The van der Waals surface area contributed by atoms with Crippen molar-refractivity contribution in [3.63, 3.8) is 0 Å². The number of carbonyl (C=O) groups is 1. The van der Waals surface area contributed by atoms with Gasteiger partial charge >= 0.3 is 0 Å². The summed E-state index contributed by atoms with van der Waals surface area (Å²) in [5.74, 6) is 0.314. The largest absolute Gasteiger partial charge is 0.461 e. The zero-order valence-electron chi connectivity index (χ0n) is 11.6. The van der Waals surface area contributed by atoms with Crippen LogP contribution in [0.5, 0.6) is 0 Å². The van der Waals surface area contributed by atoms with Gasteiger partial charge in [0, 0.05) is 5.92 Å². The standard InChI is InChI=1S/C15H22O4/c1-14(5-3-9-11(7-14)18-9)13-12-10(19-12)4-6-15(13,2)17-8-16/h8-13H,3-7H2,1-2H3. The van der Waals surface area contributed by atoms with Gasteiger partial charge in [0.25, 0.3) is 6.47 Å². The third-order valence-electron chi connectivity index (χ3n) is 5.96. The van der Waals surface area contributed by atoms with Gasteiger partial charge < -0.3 is 14.2 Å². The number of hydrogen-bond donors (Lipinski definition) is 0. The molecule has 7 unspecified atom stereocenters. The molecular weight excluding hydrogens is 244 g/mol. The molecule has 0 bridgehead atoms. The maximum atomic E-state index is 10.9. The summed E-state index contributed by atoms with van der Waals surface area (Å²) in [4.78, 5) is 10.9. The van der Waals surface area contributed by atoms with Crippen LogP contribution in [0.2, 0.25) is 0 Å². The Morgan fingerprint density at radius 1 is 1.11 bits per heavy atom.